The van der Waals surface area contributed by atoms with E-state index in [0.29, 0.717) is 12.3 Å². The fraction of sp³-hybridized carbons (Fsp3) is 0.562. The summed E-state index contributed by atoms with van der Waals surface area (Å²) in [4.78, 5) is 13.9. The fourth-order valence-electron chi connectivity index (χ4n) is 2.56. The van der Waals surface area contributed by atoms with Crippen LogP contribution in [0.15, 0.2) is 24.3 Å². The number of aryl methyl sites for hydroxylation is 1. The molecule has 104 valence electrons. The third-order valence-electron chi connectivity index (χ3n) is 3.73. The number of benzene rings is 1. The molecule has 1 amide bonds. The summed E-state index contributed by atoms with van der Waals surface area (Å²) in [6.07, 6.45) is 7.06. The van der Waals surface area contributed by atoms with Crippen LogP contribution in [0.5, 0.6) is 0 Å². The molecule has 1 aliphatic heterocycles. The Morgan fingerprint density at radius 2 is 1.74 bits per heavy atom. The van der Waals surface area contributed by atoms with Crippen molar-refractivity contribution in [2.45, 2.75) is 44.9 Å². The van der Waals surface area contributed by atoms with Gasteiger partial charge in [-0.2, -0.15) is 0 Å². The maximum Gasteiger partial charge on any atom is 0.222 e. The van der Waals surface area contributed by atoms with Crippen LogP contribution in [0.2, 0.25) is 0 Å². The molecule has 2 rings (SSSR count). The first kappa shape index (κ1) is 14.0. The van der Waals surface area contributed by atoms with Crippen molar-refractivity contribution in [1.29, 1.82) is 0 Å². The first-order valence-corrected chi connectivity index (χ1v) is 7.28. The number of amides is 1. The zero-order valence-electron chi connectivity index (χ0n) is 11.4. The molecule has 0 atom stereocenters. The number of halogens is 1. The van der Waals surface area contributed by atoms with E-state index in [0.717, 1.165) is 50.8 Å². The average molecular weight is 263 g/mol. The van der Waals surface area contributed by atoms with E-state index >= 15 is 0 Å². The van der Waals surface area contributed by atoms with E-state index in [4.69, 9.17) is 0 Å². The lowest BCUT2D eigenvalue weighted by Crippen LogP contribution is -2.35. The van der Waals surface area contributed by atoms with Gasteiger partial charge in [0.15, 0.2) is 0 Å². The van der Waals surface area contributed by atoms with Gasteiger partial charge in [-0.05, 0) is 56.2 Å². The zero-order chi connectivity index (χ0) is 13.5. The lowest BCUT2D eigenvalue weighted by atomic mass is 10.1. The Morgan fingerprint density at radius 3 is 2.42 bits per heavy atom. The van der Waals surface area contributed by atoms with Crippen molar-refractivity contribution < 1.29 is 9.18 Å². The molecule has 0 N–H and O–H groups in total. The van der Waals surface area contributed by atoms with Crippen molar-refractivity contribution >= 4 is 5.91 Å². The summed E-state index contributed by atoms with van der Waals surface area (Å²) in [5.41, 5.74) is 1.15. The van der Waals surface area contributed by atoms with Crippen LogP contribution in [-0.4, -0.2) is 23.9 Å². The number of hydrogen-bond donors (Lipinski definition) is 0. The highest BCUT2D eigenvalue weighted by atomic mass is 19.1. The molecule has 0 saturated carbocycles. The smallest absolute Gasteiger partial charge is 0.222 e. The average Bonchev–Trinajstić information content (AvgIpc) is 2.46. The third kappa shape index (κ3) is 4.66. The van der Waals surface area contributed by atoms with Crippen LogP contribution in [0.3, 0.4) is 0 Å². The molecule has 2 nitrogen and oxygen atoms in total. The Kier molecular flexibility index (Phi) is 5.37. The molecule has 0 bridgehead atoms. The van der Waals surface area contributed by atoms with Gasteiger partial charge in [-0.1, -0.05) is 12.1 Å². The Morgan fingerprint density at radius 1 is 1.05 bits per heavy atom. The second kappa shape index (κ2) is 7.27. The second-order valence-corrected chi connectivity index (χ2v) is 5.28. The predicted molar refractivity (Wildman–Crippen MR) is 74.4 cm³/mol. The molecule has 0 radical (unpaired) electrons. The van der Waals surface area contributed by atoms with E-state index in [1.165, 1.54) is 18.6 Å². The number of unbranched alkanes of at least 4 members (excludes halogenated alkanes) is 1. The lowest BCUT2D eigenvalue weighted by Gasteiger charge is -2.26. The van der Waals surface area contributed by atoms with Gasteiger partial charge in [-0.3, -0.25) is 4.79 Å². The Hall–Kier alpha value is -1.38. The second-order valence-electron chi connectivity index (χ2n) is 5.28. The highest BCUT2D eigenvalue weighted by Gasteiger charge is 2.15. The third-order valence-corrected chi connectivity index (χ3v) is 3.73. The number of piperidine rings is 1. The van der Waals surface area contributed by atoms with E-state index in [1.54, 1.807) is 0 Å². The maximum atomic E-state index is 12.7. The molecule has 1 aromatic carbocycles. The van der Waals surface area contributed by atoms with Crippen LogP contribution in [-0.2, 0) is 11.2 Å². The van der Waals surface area contributed by atoms with Gasteiger partial charge in [0.1, 0.15) is 5.82 Å². The Labute approximate surface area is 114 Å². The number of nitrogens with zero attached hydrogens (tertiary/aromatic N) is 1. The minimum Gasteiger partial charge on any atom is -0.343 e. The van der Waals surface area contributed by atoms with E-state index in [1.807, 2.05) is 17.0 Å². The summed E-state index contributed by atoms with van der Waals surface area (Å²) in [6, 6.07) is 6.63. The molecular formula is C16H22FNO. The van der Waals surface area contributed by atoms with Crippen molar-refractivity contribution in [3.63, 3.8) is 0 Å². The van der Waals surface area contributed by atoms with Crippen molar-refractivity contribution in [3.05, 3.63) is 35.6 Å². The van der Waals surface area contributed by atoms with Gasteiger partial charge in [0, 0.05) is 19.5 Å². The molecule has 1 aliphatic rings. The summed E-state index contributed by atoms with van der Waals surface area (Å²) >= 11 is 0. The minimum absolute atomic E-state index is 0.191. The molecule has 0 aliphatic carbocycles. The first-order valence-electron chi connectivity index (χ1n) is 7.28. The normalized spacial score (nSPS) is 15.5. The van der Waals surface area contributed by atoms with Crippen LogP contribution in [0, 0.1) is 5.82 Å². The molecule has 0 unspecified atom stereocenters. The summed E-state index contributed by atoms with van der Waals surface area (Å²) < 4.78 is 12.7. The number of likely N-dealkylation sites (tertiary alicyclic amines) is 1. The van der Waals surface area contributed by atoms with Gasteiger partial charge in [-0.15, -0.1) is 0 Å². The monoisotopic (exact) mass is 263 g/mol. The van der Waals surface area contributed by atoms with Gasteiger partial charge in [0.25, 0.3) is 0 Å². The predicted octanol–water partition coefficient (Wildman–Crippen LogP) is 3.55. The SMILES string of the molecule is O=C(CCCCc1ccc(F)cc1)N1CCCCC1. The van der Waals surface area contributed by atoms with Crippen LogP contribution < -0.4 is 0 Å². The Bertz CT molecular complexity index is 396. The Balaban J connectivity index is 1.63. The maximum absolute atomic E-state index is 12.7. The van der Waals surface area contributed by atoms with Crippen molar-refractivity contribution in [3.8, 4) is 0 Å². The highest BCUT2D eigenvalue weighted by Crippen LogP contribution is 2.12. The molecule has 19 heavy (non-hydrogen) atoms. The van der Waals surface area contributed by atoms with E-state index in [2.05, 4.69) is 0 Å². The molecule has 0 spiro atoms. The highest BCUT2D eigenvalue weighted by molar-refractivity contribution is 5.76. The van der Waals surface area contributed by atoms with Crippen LogP contribution in [0.4, 0.5) is 4.39 Å². The number of hydrogen-bond acceptors (Lipinski definition) is 1. The summed E-state index contributed by atoms with van der Waals surface area (Å²) in [5, 5.41) is 0. The summed E-state index contributed by atoms with van der Waals surface area (Å²) in [6.45, 7) is 1.88. The van der Waals surface area contributed by atoms with Crippen molar-refractivity contribution in [2.75, 3.05) is 13.1 Å². The number of carbonyl (C=O) groups is 1. The van der Waals surface area contributed by atoms with Gasteiger partial charge in [-0.25, -0.2) is 4.39 Å². The van der Waals surface area contributed by atoms with Crippen LogP contribution >= 0.6 is 0 Å². The van der Waals surface area contributed by atoms with Crippen molar-refractivity contribution in [2.24, 2.45) is 0 Å². The number of carbonyl (C=O) groups excluding carboxylic acids is 1. The molecular weight excluding hydrogens is 241 g/mol. The zero-order valence-corrected chi connectivity index (χ0v) is 11.4. The molecule has 1 heterocycles. The topological polar surface area (TPSA) is 20.3 Å². The lowest BCUT2D eigenvalue weighted by molar-refractivity contribution is -0.132. The van der Waals surface area contributed by atoms with Gasteiger partial charge < -0.3 is 4.90 Å². The quantitative estimate of drug-likeness (QED) is 0.744. The number of rotatable bonds is 5. The van der Waals surface area contributed by atoms with E-state index in [9.17, 15) is 9.18 Å². The molecule has 1 fully saturated rings. The van der Waals surface area contributed by atoms with Gasteiger partial charge >= 0.3 is 0 Å². The first-order chi connectivity index (χ1) is 9.25. The van der Waals surface area contributed by atoms with Gasteiger partial charge in [0.2, 0.25) is 5.91 Å². The van der Waals surface area contributed by atoms with Crippen LogP contribution in [0.25, 0.3) is 0 Å². The largest absolute Gasteiger partial charge is 0.343 e. The van der Waals surface area contributed by atoms with Gasteiger partial charge in [0.05, 0.1) is 0 Å². The summed E-state index contributed by atoms with van der Waals surface area (Å²) in [5.74, 6) is 0.114. The molecule has 3 heteroatoms. The van der Waals surface area contributed by atoms with E-state index < -0.39 is 0 Å². The van der Waals surface area contributed by atoms with E-state index in [-0.39, 0.29) is 5.82 Å². The molecule has 1 aromatic rings. The molecule has 1 saturated heterocycles. The van der Waals surface area contributed by atoms with Crippen LogP contribution in [0.1, 0.15) is 44.1 Å². The fourth-order valence-corrected chi connectivity index (χ4v) is 2.56. The van der Waals surface area contributed by atoms with Crippen molar-refractivity contribution in [1.82, 2.24) is 4.90 Å². The molecule has 0 aromatic heterocycles. The summed E-state index contributed by atoms with van der Waals surface area (Å²) in [7, 11) is 0. The minimum atomic E-state index is -0.191. The standard InChI is InChI=1S/C16H22FNO/c17-15-10-8-14(9-11-15)6-2-3-7-16(19)18-12-4-1-5-13-18/h8-11H,1-7,12-13H2.